The summed E-state index contributed by atoms with van der Waals surface area (Å²) in [5, 5.41) is 2.20. The maximum Gasteiger partial charge on any atom is 0.455 e. The van der Waals surface area contributed by atoms with Crippen molar-refractivity contribution in [3.8, 4) is 0 Å². The van der Waals surface area contributed by atoms with Crippen LogP contribution in [-0.4, -0.2) is 18.6 Å². The first-order valence-corrected chi connectivity index (χ1v) is 5.76. The molecule has 7 heteroatoms. The molecule has 1 aromatic heterocycles. The van der Waals surface area contributed by atoms with Gasteiger partial charge in [-0.3, -0.25) is 0 Å². The lowest BCUT2D eigenvalue weighted by Gasteiger charge is -2.28. The summed E-state index contributed by atoms with van der Waals surface area (Å²) in [6.45, 7) is 3.18. The summed E-state index contributed by atoms with van der Waals surface area (Å²) in [4.78, 5) is 0.688. The van der Waals surface area contributed by atoms with Crippen LogP contribution in [0.2, 0.25) is 0 Å². The molecule has 0 fully saturated rings. The molecule has 1 unspecified atom stereocenters. The Hall–Kier alpha value is -0.690. The minimum Gasteiger partial charge on any atom is -0.304 e. The average molecular weight is 273 g/mol. The Morgan fingerprint density at radius 3 is 2.18 bits per heavy atom. The summed E-state index contributed by atoms with van der Waals surface area (Å²) in [6.07, 6.45) is -5.56. The van der Waals surface area contributed by atoms with Gasteiger partial charge in [-0.05, 0) is 25.6 Å². The molecule has 0 aromatic carbocycles. The molecule has 0 aliphatic heterocycles. The minimum atomic E-state index is -5.56. The maximum atomic E-state index is 13.3. The number of rotatable bonds is 4. The van der Waals surface area contributed by atoms with Crippen molar-refractivity contribution in [2.45, 2.75) is 32.0 Å². The van der Waals surface area contributed by atoms with Gasteiger partial charge in [-0.1, -0.05) is 6.92 Å². The zero-order valence-electron chi connectivity index (χ0n) is 9.24. The first-order chi connectivity index (χ1) is 7.70. The predicted molar refractivity (Wildman–Crippen MR) is 56.5 cm³/mol. The second-order valence-electron chi connectivity index (χ2n) is 3.56. The van der Waals surface area contributed by atoms with Gasteiger partial charge in [-0.25, -0.2) is 0 Å². The average Bonchev–Trinajstić information content (AvgIpc) is 2.58. The Morgan fingerprint density at radius 1 is 1.24 bits per heavy atom. The highest BCUT2D eigenvalue weighted by Crippen LogP contribution is 2.45. The van der Waals surface area contributed by atoms with Crippen molar-refractivity contribution in [2.24, 2.45) is 0 Å². The largest absolute Gasteiger partial charge is 0.455 e. The highest BCUT2D eigenvalue weighted by molar-refractivity contribution is 7.12. The van der Waals surface area contributed by atoms with Gasteiger partial charge >= 0.3 is 12.1 Å². The first kappa shape index (κ1) is 14.4. The molecule has 0 aliphatic carbocycles. The lowest BCUT2D eigenvalue weighted by Crippen LogP contribution is -2.47. The van der Waals surface area contributed by atoms with Crippen LogP contribution in [0.4, 0.5) is 22.0 Å². The highest BCUT2D eigenvalue weighted by Gasteiger charge is 2.62. The Labute approximate surface area is 99.6 Å². The summed E-state index contributed by atoms with van der Waals surface area (Å²) < 4.78 is 63.5. The molecule has 0 radical (unpaired) electrons. The van der Waals surface area contributed by atoms with E-state index < -0.39 is 18.1 Å². The molecular formula is C10H12F5NS. The minimum absolute atomic E-state index is 0.00771. The lowest BCUT2D eigenvalue weighted by atomic mass is 10.1. The molecule has 1 nitrogen and oxygen atoms in total. The fraction of sp³-hybridized carbons (Fsp3) is 0.600. The van der Waals surface area contributed by atoms with Gasteiger partial charge in [0.25, 0.3) is 0 Å². The van der Waals surface area contributed by atoms with E-state index in [0.29, 0.717) is 4.88 Å². The number of hydrogen-bond donors (Lipinski definition) is 1. The summed E-state index contributed by atoms with van der Waals surface area (Å²) in [7, 11) is 0. The molecule has 0 saturated heterocycles. The van der Waals surface area contributed by atoms with Gasteiger partial charge < -0.3 is 5.32 Å². The number of halogens is 5. The number of alkyl halides is 5. The summed E-state index contributed by atoms with van der Waals surface area (Å²) in [5.41, 5.74) is 0. The van der Waals surface area contributed by atoms with Gasteiger partial charge in [0.05, 0.1) is 0 Å². The van der Waals surface area contributed by atoms with E-state index in [1.165, 1.54) is 19.1 Å². The molecular weight excluding hydrogens is 261 g/mol. The van der Waals surface area contributed by atoms with E-state index >= 15 is 0 Å². The Balaban J connectivity index is 3.09. The van der Waals surface area contributed by atoms with E-state index in [9.17, 15) is 22.0 Å². The van der Waals surface area contributed by atoms with Crippen LogP contribution in [0.1, 0.15) is 22.7 Å². The second-order valence-corrected chi connectivity index (χ2v) is 4.88. The summed E-state index contributed by atoms with van der Waals surface area (Å²) in [6, 6.07) is 0.801. The van der Waals surface area contributed by atoms with Gasteiger partial charge in [0.2, 0.25) is 0 Å². The molecule has 1 aromatic rings. The molecule has 1 heterocycles. The third-order valence-corrected chi connectivity index (χ3v) is 3.26. The van der Waals surface area contributed by atoms with Crippen molar-refractivity contribution < 1.29 is 22.0 Å². The summed E-state index contributed by atoms with van der Waals surface area (Å²) in [5.74, 6) is -4.78. The van der Waals surface area contributed by atoms with Crippen LogP contribution in [0.25, 0.3) is 0 Å². The van der Waals surface area contributed by atoms with Crippen molar-refractivity contribution in [1.82, 2.24) is 5.32 Å². The van der Waals surface area contributed by atoms with Crippen molar-refractivity contribution in [3.05, 3.63) is 21.9 Å². The Kier molecular flexibility index (Phi) is 4.14. The highest BCUT2D eigenvalue weighted by atomic mass is 32.1. The second kappa shape index (κ2) is 4.89. The number of hydrogen-bond acceptors (Lipinski definition) is 2. The molecule has 0 aliphatic rings. The molecule has 1 rings (SSSR count). The van der Waals surface area contributed by atoms with Gasteiger partial charge in [0.15, 0.2) is 0 Å². The Morgan fingerprint density at radius 2 is 1.82 bits per heavy atom. The monoisotopic (exact) mass is 273 g/mol. The fourth-order valence-corrected chi connectivity index (χ4v) is 2.38. The SMILES string of the molecule is CCNC(c1ccc(C)s1)C(F)(F)C(F)(F)F. The van der Waals surface area contributed by atoms with Crippen molar-refractivity contribution in [1.29, 1.82) is 0 Å². The van der Waals surface area contributed by atoms with Crippen LogP contribution in [0.15, 0.2) is 12.1 Å². The van der Waals surface area contributed by atoms with Crippen LogP contribution in [0.5, 0.6) is 0 Å². The normalized spacial score (nSPS) is 15.0. The topological polar surface area (TPSA) is 12.0 Å². The van der Waals surface area contributed by atoms with E-state index in [-0.39, 0.29) is 11.4 Å². The third-order valence-electron chi connectivity index (χ3n) is 2.19. The standard InChI is InChI=1S/C10H12F5NS/c1-3-16-8(7-5-4-6(2)17-7)9(11,12)10(13,14)15/h4-5,8,16H,3H2,1-2H3. The van der Waals surface area contributed by atoms with E-state index in [1.54, 1.807) is 6.92 Å². The molecule has 0 saturated carbocycles. The van der Waals surface area contributed by atoms with Crippen LogP contribution >= 0.6 is 11.3 Å². The van der Waals surface area contributed by atoms with E-state index in [1.807, 2.05) is 0 Å². The van der Waals surface area contributed by atoms with Crippen LogP contribution in [0.3, 0.4) is 0 Å². The number of aryl methyl sites for hydroxylation is 1. The van der Waals surface area contributed by atoms with Gasteiger partial charge in [-0.15, -0.1) is 11.3 Å². The molecule has 1 atom stereocenters. The maximum absolute atomic E-state index is 13.3. The Bertz CT molecular complexity index is 371. The zero-order chi connectivity index (χ0) is 13.3. The lowest BCUT2D eigenvalue weighted by molar-refractivity contribution is -0.294. The third kappa shape index (κ3) is 2.95. The first-order valence-electron chi connectivity index (χ1n) is 4.94. The summed E-state index contributed by atoms with van der Waals surface area (Å²) >= 11 is 0.936. The van der Waals surface area contributed by atoms with Crippen molar-refractivity contribution >= 4 is 11.3 Å². The van der Waals surface area contributed by atoms with Gasteiger partial charge in [0.1, 0.15) is 6.04 Å². The molecule has 98 valence electrons. The quantitative estimate of drug-likeness (QED) is 0.820. The van der Waals surface area contributed by atoms with E-state index in [2.05, 4.69) is 5.32 Å². The number of nitrogens with one attached hydrogen (secondary N) is 1. The molecule has 17 heavy (non-hydrogen) atoms. The van der Waals surface area contributed by atoms with Gasteiger partial charge in [-0.2, -0.15) is 22.0 Å². The predicted octanol–water partition coefficient (Wildman–Crippen LogP) is 3.90. The molecule has 0 spiro atoms. The van der Waals surface area contributed by atoms with Crippen LogP contribution < -0.4 is 5.32 Å². The number of thiophene rings is 1. The zero-order valence-corrected chi connectivity index (χ0v) is 10.1. The molecule has 0 bridgehead atoms. The fourth-order valence-electron chi connectivity index (χ4n) is 1.38. The van der Waals surface area contributed by atoms with Crippen LogP contribution in [0, 0.1) is 6.92 Å². The molecule has 0 amide bonds. The van der Waals surface area contributed by atoms with E-state index in [4.69, 9.17) is 0 Å². The van der Waals surface area contributed by atoms with E-state index in [0.717, 1.165) is 11.3 Å². The van der Waals surface area contributed by atoms with Gasteiger partial charge in [0, 0.05) is 9.75 Å². The van der Waals surface area contributed by atoms with Crippen LogP contribution in [-0.2, 0) is 0 Å². The van der Waals surface area contributed by atoms with Crippen molar-refractivity contribution in [3.63, 3.8) is 0 Å². The smallest absolute Gasteiger partial charge is 0.304 e. The molecule has 1 N–H and O–H groups in total. The van der Waals surface area contributed by atoms with Crippen molar-refractivity contribution in [2.75, 3.05) is 6.54 Å².